The molecular weight excluding hydrogens is 676 g/mol. The highest BCUT2D eigenvalue weighted by atomic mass is 16.5. The van der Waals surface area contributed by atoms with Gasteiger partial charge in [0.1, 0.15) is 5.92 Å². The van der Waals surface area contributed by atoms with E-state index in [-0.39, 0.29) is 24.4 Å². The van der Waals surface area contributed by atoms with Gasteiger partial charge in [0.2, 0.25) is 0 Å². The number of ether oxygens (including phenoxy) is 3. The van der Waals surface area contributed by atoms with Gasteiger partial charge >= 0.3 is 23.9 Å². The Bertz CT molecular complexity index is 2340. The van der Waals surface area contributed by atoms with Crippen LogP contribution in [0.3, 0.4) is 0 Å². The van der Waals surface area contributed by atoms with Crippen molar-refractivity contribution >= 4 is 53.9 Å². The minimum Gasteiger partial charge on any atom is -0.481 e. The van der Waals surface area contributed by atoms with E-state index in [1.807, 2.05) is 58.1 Å². The van der Waals surface area contributed by atoms with E-state index in [0.717, 1.165) is 67.1 Å². The summed E-state index contributed by atoms with van der Waals surface area (Å²) < 4.78 is 15.4. The number of allylic oxidation sites excluding steroid dienone is 3. The lowest BCUT2D eigenvalue weighted by Crippen LogP contribution is -2.44. The largest absolute Gasteiger partial charge is 0.481 e. The molecule has 6 rings (SSSR count). The van der Waals surface area contributed by atoms with Crippen LogP contribution >= 0.6 is 0 Å². The number of methoxy groups -OCH3 is 3. The van der Waals surface area contributed by atoms with Gasteiger partial charge in [-0.15, -0.1) is 0 Å². The van der Waals surface area contributed by atoms with E-state index in [1.54, 1.807) is 6.08 Å². The van der Waals surface area contributed by atoms with E-state index in [4.69, 9.17) is 19.2 Å². The summed E-state index contributed by atoms with van der Waals surface area (Å²) in [4.78, 5) is 66.9. The molecule has 1 unspecified atom stereocenters. The van der Waals surface area contributed by atoms with Gasteiger partial charge in [-0.2, -0.15) is 0 Å². The van der Waals surface area contributed by atoms with Crippen LogP contribution in [0.4, 0.5) is 0 Å². The fourth-order valence-corrected chi connectivity index (χ4v) is 7.95. The van der Waals surface area contributed by atoms with Crippen molar-refractivity contribution in [2.75, 3.05) is 21.3 Å². The minimum atomic E-state index is -1.15. The molecule has 4 N–H and O–H groups in total. The van der Waals surface area contributed by atoms with Crippen molar-refractivity contribution < 1.29 is 38.5 Å². The summed E-state index contributed by atoms with van der Waals surface area (Å²) in [5.41, 5.74) is 9.64. The molecule has 0 saturated heterocycles. The van der Waals surface area contributed by atoms with Crippen molar-refractivity contribution in [3.8, 4) is 0 Å². The molecule has 0 radical (unpaired) electrons. The van der Waals surface area contributed by atoms with E-state index in [0.29, 0.717) is 36.0 Å². The first-order valence-corrected chi connectivity index (χ1v) is 17.4. The molecule has 0 saturated carbocycles. The van der Waals surface area contributed by atoms with Crippen LogP contribution in [0.25, 0.3) is 24.3 Å². The zero-order valence-corrected chi connectivity index (χ0v) is 31.0. The number of carboxylic acid groups (broad SMARTS) is 1. The normalized spacial score (nSPS) is 20.9. The van der Waals surface area contributed by atoms with Crippen molar-refractivity contribution in [1.29, 1.82) is 0 Å². The van der Waals surface area contributed by atoms with Crippen molar-refractivity contribution in [3.05, 3.63) is 102 Å². The Labute approximate surface area is 306 Å². The van der Waals surface area contributed by atoms with Crippen molar-refractivity contribution in [2.24, 2.45) is 16.3 Å². The average Bonchev–Trinajstić information content (AvgIpc) is 3.79. The van der Waals surface area contributed by atoms with Crippen LogP contribution in [-0.2, 0) is 52.7 Å². The molecule has 276 valence electrons. The maximum Gasteiger partial charge on any atom is 0.334 e. The first kappa shape index (κ1) is 36.9. The molecule has 53 heavy (non-hydrogen) atoms. The molecule has 12 heteroatoms. The summed E-state index contributed by atoms with van der Waals surface area (Å²) in [6.07, 6.45) is 12.2. The van der Waals surface area contributed by atoms with Gasteiger partial charge in [0, 0.05) is 52.7 Å². The van der Waals surface area contributed by atoms with Crippen LogP contribution in [0.2, 0.25) is 0 Å². The van der Waals surface area contributed by atoms with Crippen molar-refractivity contribution in [2.45, 2.75) is 59.8 Å². The van der Waals surface area contributed by atoms with Gasteiger partial charge in [0.15, 0.2) is 0 Å². The Morgan fingerprint density at radius 3 is 2.25 bits per heavy atom. The Morgan fingerprint density at radius 2 is 1.58 bits per heavy atom. The van der Waals surface area contributed by atoms with E-state index in [1.165, 1.54) is 21.3 Å². The smallest absolute Gasteiger partial charge is 0.334 e. The number of aromatic nitrogens is 3. The van der Waals surface area contributed by atoms with Crippen LogP contribution in [0.15, 0.2) is 40.6 Å². The van der Waals surface area contributed by atoms with Crippen LogP contribution in [0.1, 0.15) is 75.9 Å². The average molecular weight is 721 g/mol. The number of aromatic amines is 3. The maximum absolute atomic E-state index is 13.7. The molecule has 2 atom stereocenters. The molecule has 12 nitrogen and oxygen atoms in total. The molecule has 0 aromatic carbocycles. The van der Waals surface area contributed by atoms with Crippen molar-refractivity contribution in [3.63, 3.8) is 0 Å². The number of carbonyl (C=O) groups is 4. The van der Waals surface area contributed by atoms with Crippen LogP contribution in [0.5, 0.6) is 0 Å². The fraction of sp³-hybridized carbons (Fsp3) is 0.341. The number of nitrogens with zero attached hydrogens (tertiary/aromatic N) is 1. The highest BCUT2D eigenvalue weighted by Crippen LogP contribution is 2.52. The minimum absolute atomic E-state index is 0.0498. The number of aliphatic carboxylic acids is 1. The van der Waals surface area contributed by atoms with Crippen LogP contribution < -0.4 is 10.7 Å². The lowest BCUT2D eigenvalue weighted by Gasteiger charge is -2.37. The monoisotopic (exact) mass is 720 g/mol. The number of hydrogen-bond donors (Lipinski definition) is 4. The molecule has 8 bridgehead atoms. The van der Waals surface area contributed by atoms with E-state index < -0.39 is 29.2 Å². The molecule has 3 aromatic heterocycles. The molecule has 2 aliphatic heterocycles. The lowest BCUT2D eigenvalue weighted by atomic mass is 9.63. The van der Waals surface area contributed by atoms with Gasteiger partial charge in [0.05, 0.1) is 43.7 Å². The predicted octanol–water partition coefficient (Wildman–Crippen LogP) is 4.21. The summed E-state index contributed by atoms with van der Waals surface area (Å²) in [6, 6.07) is 0. The highest BCUT2D eigenvalue weighted by Gasteiger charge is 2.54. The summed E-state index contributed by atoms with van der Waals surface area (Å²) in [6.45, 7) is 11.9. The number of H-pyrrole nitrogens is 3. The number of fused-ring (bicyclic) bond motifs is 10. The molecule has 1 aliphatic carbocycles. The zero-order valence-electron chi connectivity index (χ0n) is 31.0. The van der Waals surface area contributed by atoms with Gasteiger partial charge < -0.3 is 34.3 Å². The number of carbonyl (C=O) groups excluding carboxylic acids is 3. The van der Waals surface area contributed by atoms with E-state index in [9.17, 15) is 24.3 Å². The second-order valence-electron chi connectivity index (χ2n) is 13.8. The van der Waals surface area contributed by atoms with Gasteiger partial charge in [-0.1, -0.05) is 24.8 Å². The number of rotatable bonds is 9. The summed E-state index contributed by atoms with van der Waals surface area (Å²) >= 11 is 0. The van der Waals surface area contributed by atoms with Crippen LogP contribution in [0, 0.1) is 32.1 Å². The number of esters is 3. The second-order valence-corrected chi connectivity index (χ2v) is 13.8. The second kappa shape index (κ2) is 14.3. The van der Waals surface area contributed by atoms with Gasteiger partial charge in [-0.25, -0.2) is 4.79 Å². The summed E-state index contributed by atoms with van der Waals surface area (Å²) in [7, 11) is 3.91. The number of carboxylic acids is 1. The standard InChI is InChI=1S/C41H44N4O8/c1-9-23-20(2)29-17-34-27-13-10-26(39(49)52-7)38(40(50)53-8)41(27,5)35(45-34)19-30-22(4)25(12-15-37(48)51-6)33(44-30)18-32-24(11-14-36(46)47)21(3)28(43-32)16-31(23)42-29/h9-10,13,17-19,38,42-44H,1,11-12,14-16H2,2-8H3,(H,46,47)/b30-19-,33-18-,34-17-/t38?,41-/m1/s1. The molecule has 0 amide bonds. The first-order chi connectivity index (χ1) is 25.3. The first-order valence-electron chi connectivity index (χ1n) is 17.4. The van der Waals surface area contributed by atoms with Gasteiger partial charge in [0.25, 0.3) is 0 Å². The third-order valence-corrected chi connectivity index (χ3v) is 11.0. The summed E-state index contributed by atoms with van der Waals surface area (Å²) in [5.74, 6) is -3.60. The molecule has 5 heterocycles. The van der Waals surface area contributed by atoms with Gasteiger partial charge in [-0.3, -0.25) is 19.4 Å². The van der Waals surface area contributed by atoms with Crippen molar-refractivity contribution in [1.82, 2.24) is 15.0 Å². The van der Waals surface area contributed by atoms with Gasteiger partial charge in [-0.05, 0) is 97.7 Å². The Kier molecular flexibility index (Phi) is 9.91. The third-order valence-electron chi connectivity index (χ3n) is 11.0. The SMILES string of the molecule is C=Cc1c2[nH]c(c1C)/C=C1N=C(/C=c3\[nH]/c(c(CCC(=O)OC)c3C)=C\c3[nH]c(c(C)c3CCC(=O)O)C2)[C@@]2(C)C\1=CC=C(C(=O)OC)C2C(=O)OC. The third kappa shape index (κ3) is 6.32. The van der Waals surface area contributed by atoms with E-state index >= 15 is 0 Å². The number of hydrogen-bond acceptors (Lipinski definition) is 8. The molecule has 3 aliphatic rings. The Morgan fingerprint density at radius 1 is 0.868 bits per heavy atom. The molecular formula is C41H44N4O8. The quantitative estimate of drug-likeness (QED) is 0.188. The Balaban J connectivity index is 1.71. The number of aliphatic imine (C=N–C) groups is 1. The lowest BCUT2D eigenvalue weighted by molar-refractivity contribution is -0.149. The molecule has 0 fully saturated rings. The number of nitrogens with one attached hydrogen (secondary N) is 3. The fourth-order valence-electron chi connectivity index (χ4n) is 7.95. The molecule has 3 aromatic rings. The molecule has 0 spiro atoms. The highest BCUT2D eigenvalue weighted by molar-refractivity contribution is 6.21. The zero-order chi connectivity index (χ0) is 38.4. The summed E-state index contributed by atoms with van der Waals surface area (Å²) in [5, 5.41) is 11.0. The topological polar surface area (TPSA) is 176 Å². The maximum atomic E-state index is 13.7. The van der Waals surface area contributed by atoms with Crippen LogP contribution in [-0.4, -0.2) is 71.0 Å². The van der Waals surface area contributed by atoms with E-state index in [2.05, 4.69) is 21.5 Å². The predicted molar refractivity (Wildman–Crippen MR) is 200 cm³/mol. The Hall–Kier alpha value is -5.91.